The smallest absolute Gasteiger partial charge is 0.341 e. The first kappa shape index (κ1) is 18.4. The van der Waals surface area contributed by atoms with Gasteiger partial charge in [-0.15, -0.1) is 0 Å². The zero-order valence-electron chi connectivity index (χ0n) is 14.4. The number of amides is 1. The van der Waals surface area contributed by atoms with Crippen molar-refractivity contribution < 1.29 is 14.7 Å². The van der Waals surface area contributed by atoms with Gasteiger partial charge >= 0.3 is 5.97 Å². The largest absolute Gasteiger partial charge is 0.477 e. The Kier molecular flexibility index (Phi) is 5.69. The van der Waals surface area contributed by atoms with Gasteiger partial charge < -0.3 is 15.0 Å². The second-order valence-corrected chi connectivity index (χ2v) is 5.98. The molecule has 25 heavy (non-hydrogen) atoms. The van der Waals surface area contributed by atoms with E-state index in [4.69, 9.17) is 0 Å². The summed E-state index contributed by atoms with van der Waals surface area (Å²) >= 11 is 0. The van der Waals surface area contributed by atoms with Gasteiger partial charge in [-0.1, -0.05) is 13.0 Å². The van der Waals surface area contributed by atoms with Crippen LogP contribution in [0.1, 0.15) is 65.6 Å². The van der Waals surface area contributed by atoms with Crippen molar-refractivity contribution in [1.29, 1.82) is 0 Å². The van der Waals surface area contributed by atoms with Gasteiger partial charge in [0.05, 0.1) is 6.04 Å². The molecule has 1 atom stereocenters. The van der Waals surface area contributed by atoms with Crippen molar-refractivity contribution in [2.75, 3.05) is 0 Å². The normalized spacial score (nSPS) is 12.0. The predicted molar refractivity (Wildman–Crippen MR) is 92.8 cm³/mol. The molecule has 0 aromatic carbocycles. The highest BCUT2D eigenvalue weighted by Gasteiger charge is 2.21. The minimum Gasteiger partial charge on any atom is -0.477 e. The molecule has 2 N–H and O–H groups in total. The molecular weight excluding hydrogens is 322 g/mol. The fraction of sp³-hybridized carbons (Fsp3) is 0.333. The molecule has 0 bridgehead atoms. The maximum atomic E-state index is 12.6. The fourth-order valence-corrected chi connectivity index (χ4v) is 2.45. The molecule has 0 unspecified atom stereocenters. The lowest BCUT2D eigenvalue weighted by atomic mass is 10.1. The van der Waals surface area contributed by atoms with Crippen LogP contribution in [-0.2, 0) is 0 Å². The lowest BCUT2D eigenvalue weighted by molar-refractivity contribution is 0.0694. The van der Waals surface area contributed by atoms with Crippen LogP contribution >= 0.6 is 0 Å². The first-order valence-corrected chi connectivity index (χ1v) is 8.05. The van der Waals surface area contributed by atoms with Crippen LogP contribution < -0.4 is 10.7 Å². The molecule has 1 amide bonds. The van der Waals surface area contributed by atoms with Crippen molar-refractivity contribution in [3.8, 4) is 0 Å². The van der Waals surface area contributed by atoms with Crippen LogP contribution in [0.5, 0.6) is 0 Å². The minimum atomic E-state index is -1.35. The average molecular weight is 343 g/mol. The number of carboxylic acid groups (broad SMARTS) is 1. The summed E-state index contributed by atoms with van der Waals surface area (Å²) in [4.78, 5) is 40.3. The van der Waals surface area contributed by atoms with Gasteiger partial charge in [-0.05, 0) is 31.9 Å². The van der Waals surface area contributed by atoms with Crippen molar-refractivity contribution in [1.82, 2.24) is 14.9 Å². The van der Waals surface area contributed by atoms with Crippen LogP contribution in [0.25, 0.3) is 0 Å². The minimum absolute atomic E-state index is 0.0921. The molecule has 0 radical (unpaired) electrons. The number of hydrogen-bond acceptors (Lipinski definition) is 4. The van der Waals surface area contributed by atoms with Gasteiger partial charge in [0.1, 0.15) is 11.1 Å². The molecule has 7 heteroatoms. The number of carboxylic acids is 1. The van der Waals surface area contributed by atoms with Crippen LogP contribution in [0.4, 0.5) is 0 Å². The number of aromatic carboxylic acids is 1. The Morgan fingerprint density at radius 3 is 2.48 bits per heavy atom. The molecule has 0 saturated heterocycles. The highest BCUT2D eigenvalue weighted by molar-refractivity contribution is 5.97. The molecule has 0 aliphatic rings. The molecule has 2 rings (SSSR count). The number of pyridine rings is 2. The van der Waals surface area contributed by atoms with Gasteiger partial charge in [0.15, 0.2) is 0 Å². The van der Waals surface area contributed by atoms with E-state index in [1.54, 1.807) is 23.0 Å². The Labute approximate surface area is 145 Å². The number of aromatic nitrogens is 2. The molecule has 2 aromatic rings. The molecule has 0 spiro atoms. The third kappa shape index (κ3) is 4.12. The van der Waals surface area contributed by atoms with Crippen LogP contribution in [-0.4, -0.2) is 26.5 Å². The van der Waals surface area contributed by atoms with Crippen LogP contribution in [0.15, 0.2) is 41.7 Å². The third-order valence-electron chi connectivity index (χ3n) is 3.92. The second-order valence-electron chi connectivity index (χ2n) is 5.98. The van der Waals surface area contributed by atoms with E-state index in [2.05, 4.69) is 10.3 Å². The Morgan fingerprint density at radius 1 is 1.28 bits per heavy atom. The van der Waals surface area contributed by atoms with Crippen LogP contribution in [0.3, 0.4) is 0 Å². The van der Waals surface area contributed by atoms with E-state index in [1.807, 2.05) is 26.8 Å². The molecule has 7 nitrogen and oxygen atoms in total. The van der Waals surface area contributed by atoms with Gasteiger partial charge in [-0.2, -0.15) is 0 Å². The standard InChI is InChI=1S/C18H21N3O4/c1-4-15(12-6-5-7-19-8-12)20-17(23)13-9-21(11(2)3)10-14(16(13)22)18(24)25/h5-11,15H,4H2,1-3H3,(H,20,23)(H,24,25)/t15-/m0/s1. The quantitative estimate of drug-likeness (QED) is 0.839. The highest BCUT2D eigenvalue weighted by Crippen LogP contribution is 2.16. The molecule has 0 aliphatic carbocycles. The third-order valence-corrected chi connectivity index (χ3v) is 3.92. The van der Waals surface area contributed by atoms with Crippen molar-refractivity contribution in [2.45, 2.75) is 39.3 Å². The monoisotopic (exact) mass is 343 g/mol. The van der Waals surface area contributed by atoms with Gasteiger partial charge in [0, 0.05) is 30.8 Å². The molecule has 0 aliphatic heterocycles. The van der Waals surface area contributed by atoms with Crippen molar-refractivity contribution in [2.24, 2.45) is 0 Å². The molecule has 0 saturated carbocycles. The summed E-state index contributed by atoms with van der Waals surface area (Å²) in [6.45, 7) is 5.57. The van der Waals surface area contributed by atoms with Gasteiger partial charge in [-0.3, -0.25) is 14.6 Å². The summed E-state index contributed by atoms with van der Waals surface area (Å²) in [6.07, 6.45) is 6.54. The van der Waals surface area contributed by atoms with Crippen molar-refractivity contribution >= 4 is 11.9 Å². The molecule has 2 heterocycles. The predicted octanol–water partition coefficient (Wildman–Crippen LogP) is 2.40. The van der Waals surface area contributed by atoms with Crippen molar-refractivity contribution in [3.05, 3.63) is 63.8 Å². The summed E-state index contributed by atoms with van der Waals surface area (Å²) in [5, 5.41) is 12.0. The maximum Gasteiger partial charge on any atom is 0.341 e. The Balaban J connectivity index is 2.41. The van der Waals surface area contributed by atoms with E-state index in [0.717, 1.165) is 5.56 Å². The zero-order chi connectivity index (χ0) is 18.6. The maximum absolute atomic E-state index is 12.6. The number of carbonyl (C=O) groups is 2. The van der Waals surface area contributed by atoms with Gasteiger partial charge in [0.25, 0.3) is 5.91 Å². The first-order valence-electron chi connectivity index (χ1n) is 8.05. The number of hydrogen-bond donors (Lipinski definition) is 2. The van der Waals surface area contributed by atoms with Gasteiger partial charge in [0.2, 0.25) is 5.43 Å². The average Bonchev–Trinajstić information content (AvgIpc) is 2.59. The molecule has 132 valence electrons. The highest BCUT2D eigenvalue weighted by atomic mass is 16.4. The lowest BCUT2D eigenvalue weighted by Gasteiger charge is -2.18. The summed E-state index contributed by atoms with van der Waals surface area (Å²) in [5.41, 5.74) is -0.577. The Bertz CT molecular complexity index is 828. The second kappa shape index (κ2) is 7.74. The fourth-order valence-electron chi connectivity index (χ4n) is 2.45. The van der Waals surface area contributed by atoms with E-state index in [0.29, 0.717) is 6.42 Å². The van der Waals surface area contributed by atoms with E-state index in [1.165, 1.54) is 12.4 Å². The summed E-state index contributed by atoms with van der Waals surface area (Å²) in [5.74, 6) is -1.95. The lowest BCUT2D eigenvalue weighted by Crippen LogP contribution is -2.34. The number of carbonyl (C=O) groups excluding carboxylic acids is 1. The number of nitrogens with zero attached hydrogens (tertiary/aromatic N) is 2. The van der Waals surface area contributed by atoms with E-state index < -0.39 is 22.9 Å². The SMILES string of the molecule is CC[C@H](NC(=O)c1cn(C(C)C)cc(C(=O)O)c1=O)c1cccnc1. The molecule has 0 fully saturated rings. The molecule has 2 aromatic heterocycles. The molecular formula is C18H21N3O4. The van der Waals surface area contributed by atoms with E-state index >= 15 is 0 Å². The van der Waals surface area contributed by atoms with E-state index in [-0.39, 0.29) is 17.6 Å². The summed E-state index contributed by atoms with van der Waals surface area (Å²) in [7, 11) is 0. The first-order chi connectivity index (χ1) is 11.8. The zero-order valence-corrected chi connectivity index (χ0v) is 14.4. The summed E-state index contributed by atoms with van der Waals surface area (Å²) in [6, 6.07) is 3.19. The van der Waals surface area contributed by atoms with Gasteiger partial charge in [-0.25, -0.2) is 4.79 Å². The number of nitrogens with one attached hydrogen (secondary N) is 1. The topological polar surface area (TPSA) is 101 Å². The van der Waals surface area contributed by atoms with Crippen molar-refractivity contribution in [3.63, 3.8) is 0 Å². The summed E-state index contributed by atoms with van der Waals surface area (Å²) < 4.78 is 1.55. The van der Waals surface area contributed by atoms with E-state index in [9.17, 15) is 19.5 Å². The van der Waals surface area contributed by atoms with Crippen LogP contribution in [0, 0.1) is 0 Å². The number of rotatable bonds is 6. The Hall–Kier alpha value is -2.96. The van der Waals surface area contributed by atoms with Crippen LogP contribution in [0.2, 0.25) is 0 Å². The Morgan fingerprint density at radius 2 is 1.96 bits per heavy atom.